The second-order valence-electron chi connectivity index (χ2n) is 5.75. The van der Waals surface area contributed by atoms with Crippen molar-refractivity contribution in [2.45, 2.75) is 6.54 Å². The standard InChI is InChI=1S/C19H19ClN2O3/c1-22(11-13-8-14(20)5-7-18(13)25-3)19(23)17-9-12-4-6-15(24-2)10-16(12)21-17/h4-10,21H,11H2,1-3H3. The van der Waals surface area contributed by atoms with Crippen molar-refractivity contribution >= 4 is 28.4 Å². The SMILES string of the molecule is COc1ccc2cc(C(=O)N(C)Cc3cc(Cl)ccc3OC)[nH]c2c1. The Kier molecular flexibility index (Phi) is 4.86. The molecule has 1 N–H and O–H groups in total. The van der Waals surface area contributed by atoms with Crippen molar-refractivity contribution in [2.24, 2.45) is 0 Å². The van der Waals surface area contributed by atoms with Gasteiger partial charge in [0.1, 0.15) is 17.2 Å². The molecule has 25 heavy (non-hydrogen) atoms. The molecule has 130 valence electrons. The van der Waals surface area contributed by atoms with Gasteiger partial charge in [0.15, 0.2) is 0 Å². The van der Waals surface area contributed by atoms with E-state index in [4.69, 9.17) is 21.1 Å². The van der Waals surface area contributed by atoms with Gasteiger partial charge in [0.2, 0.25) is 0 Å². The Labute approximate surface area is 151 Å². The summed E-state index contributed by atoms with van der Waals surface area (Å²) in [4.78, 5) is 17.5. The molecule has 0 fully saturated rings. The molecule has 0 aliphatic rings. The van der Waals surface area contributed by atoms with Gasteiger partial charge in [-0.15, -0.1) is 0 Å². The predicted octanol–water partition coefficient (Wildman–Crippen LogP) is 4.11. The smallest absolute Gasteiger partial charge is 0.270 e. The number of aromatic amines is 1. The van der Waals surface area contributed by atoms with Gasteiger partial charge in [-0.05, 0) is 36.4 Å². The molecule has 0 aliphatic carbocycles. The molecule has 0 radical (unpaired) electrons. The lowest BCUT2D eigenvalue weighted by atomic mass is 10.2. The van der Waals surface area contributed by atoms with Crippen molar-refractivity contribution in [3.8, 4) is 11.5 Å². The molecule has 6 heteroatoms. The van der Waals surface area contributed by atoms with Gasteiger partial charge >= 0.3 is 0 Å². The van der Waals surface area contributed by atoms with E-state index in [2.05, 4.69) is 4.98 Å². The number of amides is 1. The minimum Gasteiger partial charge on any atom is -0.497 e. The molecular weight excluding hydrogens is 340 g/mol. The molecule has 0 atom stereocenters. The fourth-order valence-electron chi connectivity index (χ4n) is 2.75. The number of nitrogens with one attached hydrogen (secondary N) is 1. The summed E-state index contributed by atoms with van der Waals surface area (Å²) in [7, 11) is 4.96. The minimum absolute atomic E-state index is 0.114. The first-order valence-corrected chi connectivity index (χ1v) is 8.14. The number of nitrogens with zero attached hydrogens (tertiary/aromatic N) is 1. The quantitative estimate of drug-likeness (QED) is 0.746. The first kappa shape index (κ1) is 17.2. The van der Waals surface area contributed by atoms with Crippen LogP contribution in [-0.2, 0) is 6.54 Å². The zero-order valence-electron chi connectivity index (χ0n) is 14.3. The normalized spacial score (nSPS) is 10.7. The van der Waals surface area contributed by atoms with E-state index in [-0.39, 0.29) is 5.91 Å². The highest BCUT2D eigenvalue weighted by Gasteiger charge is 2.17. The monoisotopic (exact) mass is 358 g/mol. The summed E-state index contributed by atoms with van der Waals surface area (Å²) in [5.74, 6) is 1.33. The first-order valence-electron chi connectivity index (χ1n) is 7.76. The fraction of sp³-hybridized carbons (Fsp3) is 0.211. The Morgan fingerprint density at radius 2 is 1.92 bits per heavy atom. The van der Waals surface area contributed by atoms with E-state index in [1.807, 2.05) is 24.3 Å². The first-order chi connectivity index (χ1) is 12.0. The number of aromatic nitrogens is 1. The molecule has 0 saturated carbocycles. The predicted molar refractivity (Wildman–Crippen MR) is 98.7 cm³/mol. The summed E-state index contributed by atoms with van der Waals surface area (Å²) in [6, 6.07) is 12.9. The number of fused-ring (bicyclic) bond motifs is 1. The van der Waals surface area contributed by atoms with Crippen LogP contribution in [0, 0.1) is 0 Å². The Balaban J connectivity index is 1.84. The molecule has 0 saturated heterocycles. The molecule has 1 aromatic heterocycles. The molecule has 0 spiro atoms. The molecule has 1 heterocycles. The van der Waals surface area contributed by atoms with Crippen molar-refractivity contribution in [3.05, 3.63) is 58.7 Å². The molecule has 2 aromatic carbocycles. The highest BCUT2D eigenvalue weighted by molar-refractivity contribution is 6.30. The van der Waals surface area contributed by atoms with Gasteiger partial charge in [-0.25, -0.2) is 0 Å². The number of halogens is 1. The van der Waals surface area contributed by atoms with Crippen LogP contribution >= 0.6 is 11.6 Å². The number of carbonyl (C=O) groups excluding carboxylic acids is 1. The van der Waals surface area contributed by atoms with Crippen molar-refractivity contribution in [3.63, 3.8) is 0 Å². The van der Waals surface area contributed by atoms with Crippen LogP contribution in [0.3, 0.4) is 0 Å². The van der Waals surface area contributed by atoms with Crippen LogP contribution in [0.25, 0.3) is 10.9 Å². The molecular formula is C19H19ClN2O3. The second kappa shape index (κ2) is 7.07. The van der Waals surface area contributed by atoms with Gasteiger partial charge < -0.3 is 19.4 Å². The molecule has 1 amide bonds. The molecule has 5 nitrogen and oxygen atoms in total. The van der Waals surface area contributed by atoms with Crippen LogP contribution < -0.4 is 9.47 Å². The lowest BCUT2D eigenvalue weighted by molar-refractivity contribution is 0.0779. The van der Waals surface area contributed by atoms with Gasteiger partial charge in [-0.1, -0.05) is 11.6 Å². The maximum Gasteiger partial charge on any atom is 0.270 e. The Morgan fingerprint density at radius 1 is 1.12 bits per heavy atom. The van der Waals surface area contributed by atoms with Gasteiger partial charge in [0, 0.05) is 41.1 Å². The Bertz CT molecular complexity index is 920. The molecule has 0 bridgehead atoms. The van der Waals surface area contributed by atoms with Crippen molar-refractivity contribution in [1.29, 1.82) is 0 Å². The lowest BCUT2D eigenvalue weighted by Gasteiger charge is -2.18. The Morgan fingerprint density at radius 3 is 2.64 bits per heavy atom. The van der Waals surface area contributed by atoms with E-state index in [0.29, 0.717) is 23.0 Å². The molecule has 3 rings (SSSR count). The van der Waals surface area contributed by atoms with Crippen LogP contribution in [-0.4, -0.2) is 37.1 Å². The third-order valence-electron chi connectivity index (χ3n) is 4.06. The zero-order valence-corrected chi connectivity index (χ0v) is 15.1. The van der Waals surface area contributed by atoms with E-state index in [1.165, 1.54) is 0 Å². The largest absolute Gasteiger partial charge is 0.497 e. The van der Waals surface area contributed by atoms with Gasteiger partial charge in [0.25, 0.3) is 5.91 Å². The van der Waals surface area contributed by atoms with Gasteiger partial charge in [0.05, 0.1) is 14.2 Å². The second-order valence-corrected chi connectivity index (χ2v) is 6.19. The van der Waals surface area contributed by atoms with Gasteiger partial charge in [-0.3, -0.25) is 4.79 Å². The summed E-state index contributed by atoms with van der Waals surface area (Å²) >= 11 is 6.06. The number of methoxy groups -OCH3 is 2. The van der Waals surface area contributed by atoms with Crippen molar-refractivity contribution in [2.75, 3.05) is 21.3 Å². The van der Waals surface area contributed by atoms with E-state index < -0.39 is 0 Å². The van der Waals surface area contributed by atoms with E-state index in [1.54, 1.807) is 44.4 Å². The third-order valence-corrected chi connectivity index (χ3v) is 4.29. The molecule has 3 aromatic rings. The number of rotatable bonds is 5. The maximum absolute atomic E-state index is 12.7. The fourth-order valence-corrected chi connectivity index (χ4v) is 2.95. The van der Waals surface area contributed by atoms with Crippen LogP contribution in [0.15, 0.2) is 42.5 Å². The number of ether oxygens (including phenoxy) is 2. The topological polar surface area (TPSA) is 54.6 Å². The van der Waals surface area contributed by atoms with Crippen LogP contribution in [0.1, 0.15) is 16.1 Å². The minimum atomic E-state index is -0.114. The highest BCUT2D eigenvalue weighted by Crippen LogP contribution is 2.25. The number of hydrogen-bond acceptors (Lipinski definition) is 3. The van der Waals surface area contributed by atoms with Gasteiger partial charge in [-0.2, -0.15) is 0 Å². The summed E-state index contributed by atoms with van der Waals surface area (Å²) in [6.07, 6.45) is 0. The van der Waals surface area contributed by atoms with E-state index >= 15 is 0 Å². The third kappa shape index (κ3) is 3.56. The average Bonchev–Trinajstić information content (AvgIpc) is 3.04. The number of H-pyrrole nitrogens is 1. The van der Waals surface area contributed by atoms with Crippen LogP contribution in [0.2, 0.25) is 5.02 Å². The van der Waals surface area contributed by atoms with E-state index in [9.17, 15) is 4.79 Å². The summed E-state index contributed by atoms with van der Waals surface area (Å²) in [5, 5.41) is 1.56. The van der Waals surface area contributed by atoms with Crippen molar-refractivity contribution < 1.29 is 14.3 Å². The van der Waals surface area contributed by atoms with E-state index in [0.717, 1.165) is 22.2 Å². The van der Waals surface area contributed by atoms with Crippen molar-refractivity contribution in [1.82, 2.24) is 9.88 Å². The summed E-state index contributed by atoms with van der Waals surface area (Å²) in [5.41, 5.74) is 2.23. The zero-order chi connectivity index (χ0) is 18.0. The summed E-state index contributed by atoms with van der Waals surface area (Å²) in [6.45, 7) is 0.390. The Hall–Kier alpha value is -2.66. The maximum atomic E-state index is 12.7. The van der Waals surface area contributed by atoms with Crippen LogP contribution in [0.5, 0.6) is 11.5 Å². The number of hydrogen-bond donors (Lipinski definition) is 1. The average molecular weight is 359 g/mol. The van der Waals surface area contributed by atoms with Crippen LogP contribution in [0.4, 0.5) is 0 Å². The molecule has 0 aliphatic heterocycles. The number of carbonyl (C=O) groups is 1. The summed E-state index contributed by atoms with van der Waals surface area (Å²) < 4.78 is 10.6. The lowest BCUT2D eigenvalue weighted by Crippen LogP contribution is -2.26. The molecule has 0 unspecified atom stereocenters. The number of benzene rings is 2. The highest BCUT2D eigenvalue weighted by atomic mass is 35.5.